The molecule has 1 aromatic heterocycles. The molecule has 0 amide bonds. The van der Waals surface area contributed by atoms with Gasteiger partial charge in [0.05, 0.1) is 5.02 Å². The van der Waals surface area contributed by atoms with Crippen molar-refractivity contribution in [3.63, 3.8) is 0 Å². The van der Waals surface area contributed by atoms with E-state index in [1.807, 2.05) is 30.3 Å². The minimum absolute atomic E-state index is 0.192. The minimum atomic E-state index is -0.430. The summed E-state index contributed by atoms with van der Waals surface area (Å²) in [4.78, 5) is 4.12. The summed E-state index contributed by atoms with van der Waals surface area (Å²) in [7, 11) is 0. The van der Waals surface area contributed by atoms with Crippen LogP contribution in [0.5, 0.6) is 0 Å². The quantitative estimate of drug-likeness (QED) is 0.551. The van der Waals surface area contributed by atoms with Gasteiger partial charge in [-0.25, -0.2) is 9.37 Å². The highest BCUT2D eigenvalue weighted by molar-refractivity contribution is 6.42. The average Bonchev–Trinajstić information content (AvgIpc) is 2.41. The van der Waals surface area contributed by atoms with Crippen LogP contribution in [0, 0.1) is 5.82 Å². The summed E-state index contributed by atoms with van der Waals surface area (Å²) in [5, 5.41) is 1.18. The lowest BCUT2D eigenvalue weighted by Gasteiger charge is -2.10. The van der Waals surface area contributed by atoms with Gasteiger partial charge in [0.2, 0.25) is 0 Å². The molecule has 0 radical (unpaired) electrons. The number of pyridine rings is 1. The molecular weight excluding hydrogens is 284 g/mol. The van der Waals surface area contributed by atoms with Crippen LogP contribution >= 0.6 is 23.2 Å². The third kappa shape index (κ3) is 2.07. The number of nitrogens with zero attached hydrogens (tertiary/aromatic N) is 1. The van der Waals surface area contributed by atoms with Crippen molar-refractivity contribution in [1.29, 1.82) is 0 Å². The molecule has 0 spiro atoms. The number of benzene rings is 2. The number of aromatic nitrogens is 1. The Balaban J connectivity index is 2.39. The predicted octanol–water partition coefficient (Wildman–Crippen LogP) is 5.35. The molecule has 0 fully saturated rings. The maximum absolute atomic E-state index is 13.7. The standard InChI is InChI=1S/C15H8Cl2FN/c16-13-10-7-4-8-11(18)14(10)19-15(17)12(13)9-5-2-1-3-6-9/h1-8H. The summed E-state index contributed by atoms with van der Waals surface area (Å²) < 4.78 is 13.7. The van der Waals surface area contributed by atoms with E-state index in [2.05, 4.69) is 4.98 Å². The second-order valence-corrected chi connectivity index (χ2v) is 4.83. The van der Waals surface area contributed by atoms with Crippen LogP contribution in [0.25, 0.3) is 22.0 Å². The van der Waals surface area contributed by atoms with Gasteiger partial charge in [-0.3, -0.25) is 0 Å². The van der Waals surface area contributed by atoms with Crippen molar-refractivity contribution in [2.75, 3.05) is 0 Å². The Labute approximate surface area is 119 Å². The lowest BCUT2D eigenvalue weighted by Crippen LogP contribution is -1.91. The monoisotopic (exact) mass is 291 g/mol. The molecule has 0 aliphatic carbocycles. The number of halogens is 3. The van der Waals surface area contributed by atoms with E-state index in [-0.39, 0.29) is 10.7 Å². The van der Waals surface area contributed by atoms with Crippen LogP contribution in [-0.2, 0) is 0 Å². The average molecular weight is 292 g/mol. The van der Waals surface area contributed by atoms with Crippen LogP contribution in [0.15, 0.2) is 48.5 Å². The first kappa shape index (κ1) is 12.4. The molecule has 0 saturated heterocycles. The zero-order chi connectivity index (χ0) is 13.4. The smallest absolute Gasteiger partial charge is 0.149 e. The molecule has 2 aromatic carbocycles. The molecule has 0 atom stereocenters. The molecule has 4 heteroatoms. The molecule has 0 N–H and O–H groups in total. The summed E-state index contributed by atoms with van der Waals surface area (Å²) in [5.74, 6) is -0.430. The van der Waals surface area contributed by atoms with Gasteiger partial charge >= 0.3 is 0 Å². The molecule has 1 heterocycles. The van der Waals surface area contributed by atoms with Gasteiger partial charge in [-0.15, -0.1) is 0 Å². The van der Waals surface area contributed by atoms with Gasteiger partial charge in [-0.2, -0.15) is 0 Å². The van der Waals surface area contributed by atoms with E-state index >= 15 is 0 Å². The first-order chi connectivity index (χ1) is 9.18. The van der Waals surface area contributed by atoms with Gasteiger partial charge < -0.3 is 0 Å². The summed E-state index contributed by atoms with van der Waals surface area (Å²) in [6.45, 7) is 0. The molecule has 3 rings (SSSR count). The summed E-state index contributed by atoms with van der Waals surface area (Å²) >= 11 is 12.5. The Morgan fingerprint density at radius 2 is 1.63 bits per heavy atom. The predicted molar refractivity (Wildman–Crippen MR) is 77.2 cm³/mol. The molecule has 1 nitrogen and oxygen atoms in total. The molecule has 0 aliphatic rings. The van der Waals surface area contributed by atoms with Gasteiger partial charge in [-0.1, -0.05) is 65.7 Å². The Morgan fingerprint density at radius 1 is 0.895 bits per heavy atom. The Hall–Kier alpha value is -1.64. The molecule has 94 valence electrons. The van der Waals surface area contributed by atoms with Gasteiger partial charge in [0.15, 0.2) is 0 Å². The van der Waals surface area contributed by atoms with Crippen molar-refractivity contribution in [3.8, 4) is 11.1 Å². The van der Waals surface area contributed by atoms with Gasteiger partial charge in [-0.05, 0) is 11.6 Å². The number of rotatable bonds is 1. The number of hydrogen-bond donors (Lipinski definition) is 0. The largest absolute Gasteiger partial charge is 0.232 e. The second-order valence-electron chi connectivity index (χ2n) is 4.09. The minimum Gasteiger partial charge on any atom is -0.232 e. The summed E-state index contributed by atoms with van der Waals surface area (Å²) in [6.07, 6.45) is 0. The number of fused-ring (bicyclic) bond motifs is 1. The fourth-order valence-corrected chi connectivity index (χ4v) is 2.72. The molecule has 3 aromatic rings. The lowest BCUT2D eigenvalue weighted by atomic mass is 10.1. The third-order valence-electron chi connectivity index (χ3n) is 2.92. The highest BCUT2D eigenvalue weighted by atomic mass is 35.5. The molecule has 0 saturated carbocycles. The first-order valence-electron chi connectivity index (χ1n) is 5.67. The Kier molecular flexibility index (Phi) is 3.13. The maximum Gasteiger partial charge on any atom is 0.149 e. The normalized spacial score (nSPS) is 10.9. The topological polar surface area (TPSA) is 12.9 Å². The van der Waals surface area contributed by atoms with E-state index in [1.165, 1.54) is 6.07 Å². The van der Waals surface area contributed by atoms with Gasteiger partial charge in [0, 0.05) is 10.9 Å². The summed E-state index contributed by atoms with van der Waals surface area (Å²) in [5.41, 5.74) is 1.68. The Morgan fingerprint density at radius 3 is 2.37 bits per heavy atom. The molecule has 0 aliphatic heterocycles. The lowest BCUT2D eigenvalue weighted by molar-refractivity contribution is 0.637. The number of para-hydroxylation sites is 1. The van der Waals surface area contributed by atoms with E-state index in [9.17, 15) is 4.39 Å². The zero-order valence-electron chi connectivity index (χ0n) is 9.70. The van der Waals surface area contributed by atoms with E-state index in [4.69, 9.17) is 23.2 Å². The number of hydrogen-bond acceptors (Lipinski definition) is 1. The van der Waals surface area contributed by atoms with E-state index in [0.29, 0.717) is 16.0 Å². The van der Waals surface area contributed by atoms with Crippen LogP contribution in [0.4, 0.5) is 4.39 Å². The van der Waals surface area contributed by atoms with Gasteiger partial charge in [0.25, 0.3) is 0 Å². The summed E-state index contributed by atoms with van der Waals surface area (Å²) in [6, 6.07) is 14.1. The van der Waals surface area contributed by atoms with Crippen molar-refractivity contribution in [2.24, 2.45) is 0 Å². The van der Waals surface area contributed by atoms with Crippen LogP contribution in [0.3, 0.4) is 0 Å². The molecule has 0 unspecified atom stereocenters. The highest BCUT2D eigenvalue weighted by Crippen LogP contribution is 2.38. The maximum atomic E-state index is 13.7. The molecule has 0 bridgehead atoms. The van der Waals surface area contributed by atoms with E-state index < -0.39 is 5.82 Å². The Bertz CT molecular complexity index is 757. The van der Waals surface area contributed by atoms with Crippen molar-refractivity contribution >= 4 is 34.1 Å². The van der Waals surface area contributed by atoms with E-state index in [1.54, 1.807) is 12.1 Å². The zero-order valence-corrected chi connectivity index (χ0v) is 11.2. The van der Waals surface area contributed by atoms with Crippen molar-refractivity contribution in [1.82, 2.24) is 4.98 Å². The van der Waals surface area contributed by atoms with Crippen molar-refractivity contribution < 1.29 is 4.39 Å². The van der Waals surface area contributed by atoms with Gasteiger partial charge in [0.1, 0.15) is 16.5 Å². The molecular formula is C15H8Cl2FN. The SMILES string of the molecule is Fc1cccc2c(Cl)c(-c3ccccc3)c(Cl)nc12. The third-order valence-corrected chi connectivity index (χ3v) is 3.59. The van der Waals surface area contributed by atoms with E-state index in [0.717, 1.165) is 5.56 Å². The van der Waals surface area contributed by atoms with Crippen LogP contribution < -0.4 is 0 Å². The fourth-order valence-electron chi connectivity index (χ4n) is 2.04. The molecule has 19 heavy (non-hydrogen) atoms. The highest BCUT2D eigenvalue weighted by Gasteiger charge is 2.15. The fraction of sp³-hybridized carbons (Fsp3) is 0. The van der Waals surface area contributed by atoms with Crippen LogP contribution in [0.2, 0.25) is 10.2 Å². The van der Waals surface area contributed by atoms with Crippen molar-refractivity contribution in [3.05, 3.63) is 64.5 Å². The van der Waals surface area contributed by atoms with Crippen LogP contribution in [-0.4, -0.2) is 4.98 Å². The first-order valence-corrected chi connectivity index (χ1v) is 6.42. The second kappa shape index (κ2) is 4.80. The van der Waals surface area contributed by atoms with Crippen LogP contribution in [0.1, 0.15) is 0 Å². The van der Waals surface area contributed by atoms with Crippen molar-refractivity contribution in [2.45, 2.75) is 0 Å².